The molecule has 1 N–H and O–H groups in total. The van der Waals surface area contributed by atoms with Crippen LogP contribution in [0.25, 0.3) is 0 Å². The fraction of sp³-hybridized carbons (Fsp3) is 0.538. The van der Waals surface area contributed by atoms with E-state index in [1.165, 1.54) is 12.8 Å². The molecule has 0 amide bonds. The third-order valence-electron chi connectivity index (χ3n) is 3.18. The van der Waals surface area contributed by atoms with E-state index in [9.17, 15) is 0 Å². The number of piperidine rings is 1. The number of rotatable bonds is 3. The minimum absolute atomic E-state index is 0.281. The molecular weight excluding hydrogens is 222 g/mol. The minimum atomic E-state index is 0.281. The summed E-state index contributed by atoms with van der Waals surface area (Å²) in [5, 5.41) is 4.12. The highest BCUT2D eigenvalue weighted by Crippen LogP contribution is 2.22. The lowest BCUT2D eigenvalue weighted by molar-refractivity contribution is 0.128. The van der Waals surface area contributed by atoms with E-state index in [-0.39, 0.29) is 6.10 Å². The van der Waals surface area contributed by atoms with Crippen molar-refractivity contribution in [3.05, 3.63) is 29.3 Å². The summed E-state index contributed by atoms with van der Waals surface area (Å²) in [6.45, 7) is 4.38. The number of hydrogen-bond acceptors (Lipinski definition) is 2. The monoisotopic (exact) mass is 239 g/mol. The Balaban J connectivity index is 1.90. The van der Waals surface area contributed by atoms with Crippen molar-refractivity contribution in [1.29, 1.82) is 0 Å². The van der Waals surface area contributed by atoms with E-state index in [4.69, 9.17) is 16.3 Å². The van der Waals surface area contributed by atoms with E-state index in [2.05, 4.69) is 12.2 Å². The highest BCUT2D eigenvalue weighted by atomic mass is 35.5. The van der Waals surface area contributed by atoms with Gasteiger partial charge in [0.2, 0.25) is 0 Å². The fourth-order valence-corrected chi connectivity index (χ4v) is 2.26. The Kier molecular flexibility index (Phi) is 4.08. The van der Waals surface area contributed by atoms with Crippen molar-refractivity contribution in [2.45, 2.75) is 25.9 Å². The first-order valence-corrected chi connectivity index (χ1v) is 6.26. The van der Waals surface area contributed by atoms with Gasteiger partial charge in [-0.05, 0) is 63.0 Å². The van der Waals surface area contributed by atoms with E-state index in [0.29, 0.717) is 5.92 Å². The number of ether oxygens (including phenoxy) is 1. The Hall–Kier alpha value is -0.730. The van der Waals surface area contributed by atoms with Crippen molar-refractivity contribution in [2.24, 2.45) is 5.92 Å². The van der Waals surface area contributed by atoms with Gasteiger partial charge in [-0.15, -0.1) is 0 Å². The molecule has 1 aliphatic rings. The Morgan fingerprint density at radius 2 is 1.88 bits per heavy atom. The predicted octanol–water partition coefficient (Wildman–Crippen LogP) is 3.11. The second-order valence-electron chi connectivity index (χ2n) is 4.36. The van der Waals surface area contributed by atoms with Gasteiger partial charge in [-0.1, -0.05) is 11.6 Å². The maximum absolute atomic E-state index is 5.92. The van der Waals surface area contributed by atoms with Crippen molar-refractivity contribution >= 4 is 11.6 Å². The summed E-state index contributed by atoms with van der Waals surface area (Å²) in [6.07, 6.45) is 2.69. The van der Waals surface area contributed by atoms with Crippen molar-refractivity contribution in [2.75, 3.05) is 13.1 Å². The van der Waals surface area contributed by atoms with Crippen LogP contribution >= 0.6 is 11.6 Å². The van der Waals surface area contributed by atoms with Gasteiger partial charge in [-0.3, -0.25) is 0 Å². The normalized spacial score (nSPS) is 19.4. The van der Waals surface area contributed by atoms with E-state index >= 15 is 0 Å². The summed E-state index contributed by atoms with van der Waals surface area (Å²) >= 11 is 5.83. The lowest BCUT2D eigenvalue weighted by Crippen LogP contribution is -2.35. The van der Waals surface area contributed by atoms with Crippen LogP contribution in [0.5, 0.6) is 5.75 Å². The van der Waals surface area contributed by atoms with E-state index in [1.807, 2.05) is 24.3 Å². The van der Waals surface area contributed by atoms with E-state index < -0.39 is 0 Å². The Morgan fingerprint density at radius 1 is 1.25 bits per heavy atom. The van der Waals surface area contributed by atoms with Gasteiger partial charge in [-0.25, -0.2) is 0 Å². The summed E-state index contributed by atoms with van der Waals surface area (Å²) in [7, 11) is 0. The second-order valence-corrected chi connectivity index (χ2v) is 4.80. The molecule has 1 fully saturated rings. The van der Waals surface area contributed by atoms with Crippen LogP contribution in [0, 0.1) is 5.92 Å². The van der Waals surface area contributed by atoms with Crippen LogP contribution < -0.4 is 10.1 Å². The summed E-state index contributed by atoms with van der Waals surface area (Å²) in [5.41, 5.74) is 0. The molecule has 88 valence electrons. The van der Waals surface area contributed by atoms with Gasteiger partial charge in [0.1, 0.15) is 5.75 Å². The zero-order chi connectivity index (χ0) is 11.4. The molecular formula is C13H18ClNO. The van der Waals surface area contributed by atoms with E-state index in [0.717, 1.165) is 23.9 Å². The lowest BCUT2D eigenvalue weighted by Gasteiger charge is -2.28. The zero-order valence-electron chi connectivity index (χ0n) is 9.58. The molecule has 1 saturated heterocycles. The Morgan fingerprint density at radius 3 is 2.50 bits per heavy atom. The summed E-state index contributed by atoms with van der Waals surface area (Å²) in [6, 6.07) is 7.60. The zero-order valence-corrected chi connectivity index (χ0v) is 10.3. The summed E-state index contributed by atoms with van der Waals surface area (Å²) in [4.78, 5) is 0. The molecule has 0 saturated carbocycles. The average molecular weight is 240 g/mol. The molecule has 1 aromatic rings. The van der Waals surface area contributed by atoms with E-state index in [1.54, 1.807) is 0 Å². The highest BCUT2D eigenvalue weighted by molar-refractivity contribution is 6.30. The van der Waals surface area contributed by atoms with Crippen molar-refractivity contribution in [1.82, 2.24) is 5.32 Å². The molecule has 3 heteroatoms. The van der Waals surface area contributed by atoms with Crippen molar-refractivity contribution in [3.63, 3.8) is 0 Å². The largest absolute Gasteiger partial charge is 0.490 e. The number of halogens is 1. The van der Waals surface area contributed by atoms with Crippen LogP contribution in [0.3, 0.4) is 0 Å². The SMILES string of the molecule is CC(Oc1ccc(Cl)cc1)C1CCNCC1. The first kappa shape index (κ1) is 11.7. The van der Waals surface area contributed by atoms with Gasteiger partial charge >= 0.3 is 0 Å². The molecule has 0 aliphatic carbocycles. The van der Waals surface area contributed by atoms with Crippen LogP contribution in [0.1, 0.15) is 19.8 Å². The molecule has 0 bridgehead atoms. The molecule has 0 radical (unpaired) electrons. The summed E-state index contributed by atoms with van der Waals surface area (Å²) in [5.74, 6) is 1.58. The molecule has 16 heavy (non-hydrogen) atoms. The third-order valence-corrected chi connectivity index (χ3v) is 3.44. The van der Waals surface area contributed by atoms with Gasteiger partial charge in [0.05, 0.1) is 6.10 Å². The average Bonchev–Trinajstić information content (AvgIpc) is 2.33. The standard InChI is InChI=1S/C13H18ClNO/c1-10(11-6-8-15-9-7-11)16-13-4-2-12(14)3-5-13/h2-5,10-11,15H,6-9H2,1H3. The molecule has 1 atom stereocenters. The molecule has 1 heterocycles. The molecule has 1 unspecified atom stereocenters. The van der Waals surface area contributed by atoms with Crippen molar-refractivity contribution in [3.8, 4) is 5.75 Å². The van der Waals surface area contributed by atoms with Crippen molar-refractivity contribution < 1.29 is 4.74 Å². The Bertz CT molecular complexity index is 319. The van der Waals surface area contributed by atoms with Crippen LogP contribution in [-0.2, 0) is 0 Å². The van der Waals surface area contributed by atoms with Gasteiger partial charge in [0.15, 0.2) is 0 Å². The molecule has 1 aromatic carbocycles. The van der Waals surface area contributed by atoms with Crippen LogP contribution in [-0.4, -0.2) is 19.2 Å². The number of nitrogens with one attached hydrogen (secondary N) is 1. The number of hydrogen-bond donors (Lipinski definition) is 1. The molecule has 0 aromatic heterocycles. The molecule has 1 aliphatic heterocycles. The predicted molar refractivity (Wildman–Crippen MR) is 67.1 cm³/mol. The molecule has 0 spiro atoms. The molecule has 2 nitrogen and oxygen atoms in total. The van der Waals surface area contributed by atoms with Gasteiger partial charge in [0.25, 0.3) is 0 Å². The first-order valence-electron chi connectivity index (χ1n) is 5.88. The van der Waals surface area contributed by atoms with Gasteiger partial charge < -0.3 is 10.1 Å². The topological polar surface area (TPSA) is 21.3 Å². The fourth-order valence-electron chi connectivity index (χ4n) is 2.14. The third kappa shape index (κ3) is 3.13. The van der Waals surface area contributed by atoms with Crippen LogP contribution in [0.2, 0.25) is 5.02 Å². The second kappa shape index (κ2) is 5.55. The summed E-state index contributed by atoms with van der Waals surface area (Å²) < 4.78 is 5.92. The van der Waals surface area contributed by atoms with Gasteiger partial charge in [-0.2, -0.15) is 0 Å². The quantitative estimate of drug-likeness (QED) is 0.875. The highest BCUT2D eigenvalue weighted by Gasteiger charge is 2.20. The van der Waals surface area contributed by atoms with Crippen LogP contribution in [0.4, 0.5) is 0 Å². The maximum Gasteiger partial charge on any atom is 0.119 e. The van der Waals surface area contributed by atoms with Crippen LogP contribution in [0.15, 0.2) is 24.3 Å². The maximum atomic E-state index is 5.92. The smallest absolute Gasteiger partial charge is 0.119 e. The van der Waals surface area contributed by atoms with Gasteiger partial charge in [0, 0.05) is 5.02 Å². The number of benzene rings is 1. The minimum Gasteiger partial charge on any atom is -0.490 e. The Labute approximate surface area is 102 Å². The lowest BCUT2D eigenvalue weighted by atomic mass is 9.93. The molecule has 2 rings (SSSR count). The first-order chi connectivity index (χ1) is 7.75.